The zero-order valence-corrected chi connectivity index (χ0v) is 13.4. The van der Waals surface area contributed by atoms with E-state index in [9.17, 15) is 14.9 Å². The Balaban J connectivity index is 1.72. The number of amides is 1. The van der Waals surface area contributed by atoms with Gasteiger partial charge in [-0.25, -0.2) is 0 Å². The number of anilines is 1. The summed E-state index contributed by atoms with van der Waals surface area (Å²) in [6, 6.07) is 4.18. The summed E-state index contributed by atoms with van der Waals surface area (Å²) in [5.41, 5.74) is 0.385. The van der Waals surface area contributed by atoms with Crippen molar-refractivity contribution in [3.63, 3.8) is 0 Å². The molecule has 9 heteroatoms. The average Bonchev–Trinajstić information content (AvgIpc) is 3.04. The lowest BCUT2D eigenvalue weighted by Gasteiger charge is -2.22. The first-order valence-electron chi connectivity index (χ1n) is 7.42. The second-order valence-electron chi connectivity index (χ2n) is 5.43. The van der Waals surface area contributed by atoms with E-state index in [0.717, 1.165) is 18.9 Å². The minimum Gasteiger partial charge on any atom is -0.381 e. The Hall–Kier alpha value is -2.45. The van der Waals surface area contributed by atoms with Crippen molar-refractivity contribution in [2.45, 2.75) is 18.9 Å². The zero-order chi connectivity index (χ0) is 17.1. The van der Waals surface area contributed by atoms with Crippen LogP contribution in [0.4, 0.5) is 11.4 Å². The number of halogens is 1. The number of nitro groups is 1. The van der Waals surface area contributed by atoms with E-state index in [1.54, 1.807) is 12.4 Å². The van der Waals surface area contributed by atoms with Crippen LogP contribution in [0.5, 0.6) is 0 Å². The highest BCUT2D eigenvalue weighted by Gasteiger charge is 2.19. The molecule has 1 aromatic carbocycles. The third kappa shape index (κ3) is 3.55. The fourth-order valence-electron chi connectivity index (χ4n) is 2.55. The molecule has 0 unspecified atom stereocenters. The molecule has 126 valence electrons. The van der Waals surface area contributed by atoms with Crippen molar-refractivity contribution in [1.82, 2.24) is 9.78 Å². The van der Waals surface area contributed by atoms with Crippen molar-refractivity contribution in [1.29, 1.82) is 0 Å². The van der Waals surface area contributed by atoms with Crippen molar-refractivity contribution < 1.29 is 14.5 Å². The van der Waals surface area contributed by atoms with Crippen molar-refractivity contribution >= 4 is 28.9 Å². The first-order valence-corrected chi connectivity index (χ1v) is 7.79. The summed E-state index contributed by atoms with van der Waals surface area (Å²) in [5.74, 6) is -0.457. The van der Waals surface area contributed by atoms with Crippen molar-refractivity contribution in [2.75, 3.05) is 18.5 Å². The quantitative estimate of drug-likeness (QED) is 0.674. The van der Waals surface area contributed by atoms with E-state index in [2.05, 4.69) is 10.4 Å². The fourth-order valence-corrected chi connectivity index (χ4v) is 2.74. The molecule has 1 aliphatic heterocycles. The normalized spacial score (nSPS) is 15.2. The molecule has 1 aliphatic rings. The van der Waals surface area contributed by atoms with Crippen LogP contribution in [0.15, 0.2) is 30.6 Å². The summed E-state index contributed by atoms with van der Waals surface area (Å²) in [6.45, 7) is 1.39. The second kappa shape index (κ2) is 6.98. The number of nitro benzene ring substituents is 1. The van der Waals surface area contributed by atoms with Crippen LogP contribution in [-0.2, 0) is 4.74 Å². The van der Waals surface area contributed by atoms with Crippen molar-refractivity contribution in [3.8, 4) is 0 Å². The Kier molecular flexibility index (Phi) is 4.77. The van der Waals surface area contributed by atoms with E-state index in [4.69, 9.17) is 16.3 Å². The molecule has 1 fully saturated rings. The van der Waals surface area contributed by atoms with Gasteiger partial charge in [0.1, 0.15) is 5.02 Å². The van der Waals surface area contributed by atoms with Crippen molar-refractivity contribution in [3.05, 3.63) is 51.3 Å². The number of benzene rings is 1. The molecule has 1 N–H and O–H groups in total. The van der Waals surface area contributed by atoms with Gasteiger partial charge in [0.05, 0.1) is 22.8 Å². The molecule has 1 saturated heterocycles. The minimum absolute atomic E-state index is 0.0103. The molecule has 0 saturated carbocycles. The predicted molar refractivity (Wildman–Crippen MR) is 87.4 cm³/mol. The third-order valence-electron chi connectivity index (χ3n) is 3.83. The van der Waals surface area contributed by atoms with E-state index in [0.29, 0.717) is 18.9 Å². The van der Waals surface area contributed by atoms with Crippen LogP contribution in [0.2, 0.25) is 5.02 Å². The topological polar surface area (TPSA) is 99.3 Å². The first kappa shape index (κ1) is 16.4. The molecule has 0 spiro atoms. The van der Waals surface area contributed by atoms with E-state index in [1.807, 2.05) is 4.68 Å². The molecule has 0 bridgehead atoms. The average molecular weight is 351 g/mol. The van der Waals surface area contributed by atoms with E-state index >= 15 is 0 Å². The number of carbonyl (C=O) groups excluding carboxylic acids is 1. The number of hydrogen-bond donors (Lipinski definition) is 1. The smallest absolute Gasteiger partial charge is 0.288 e. The Morgan fingerprint density at radius 2 is 2.17 bits per heavy atom. The maximum absolute atomic E-state index is 12.3. The first-order chi connectivity index (χ1) is 11.5. The number of aromatic nitrogens is 2. The van der Waals surface area contributed by atoms with E-state index < -0.39 is 10.8 Å². The van der Waals surface area contributed by atoms with Gasteiger partial charge in [0.2, 0.25) is 0 Å². The van der Waals surface area contributed by atoms with E-state index in [1.165, 1.54) is 12.1 Å². The van der Waals surface area contributed by atoms with Gasteiger partial charge in [-0.3, -0.25) is 19.6 Å². The lowest BCUT2D eigenvalue weighted by Crippen LogP contribution is -2.19. The molecule has 24 heavy (non-hydrogen) atoms. The molecule has 0 radical (unpaired) electrons. The van der Waals surface area contributed by atoms with Gasteiger partial charge in [-0.05, 0) is 25.0 Å². The zero-order valence-electron chi connectivity index (χ0n) is 12.6. The van der Waals surface area contributed by atoms with Gasteiger partial charge in [0.25, 0.3) is 11.6 Å². The van der Waals surface area contributed by atoms with Crippen LogP contribution in [0.25, 0.3) is 0 Å². The van der Waals surface area contributed by atoms with Crippen LogP contribution < -0.4 is 5.32 Å². The van der Waals surface area contributed by atoms with Crippen LogP contribution in [0.3, 0.4) is 0 Å². The molecule has 1 aromatic heterocycles. The van der Waals surface area contributed by atoms with Crippen molar-refractivity contribution in [2.24, 2.45) is 0 Å². The minimum atomic E-state index is -0.623. The SMILES string of the molecule is O=C(Nc1cnn(C2CCOCC2)c1)c1ccc(Cl)c([N+](=O)[O-])c1. The maximum Gasteiger partial charge on any atom is 0.288 e. The summed E-state index contributed by atoms with van der Waals surface area (Å²) in [7, 11) is 0. The van der Waals surface area contributed by atoms with Gasteiger partial charge >= 0.3 is 0 Å². The number of carbonyl (C=O) groups is 1. The Morgan fingerprint density at radius 1 is 1.42 bits per heavy atom. The lowest BCUT2D eigenvalue weighted by molar-refractivity contribution is -0.384. The molecular weight excluding hydrogens is 336 g/mol. The molecule has 3 rings (SSSR count). The number of hydrogen-bond acceptors (Lipinski definition) is 5. The van der Waals surface area contributed by atoms with Gasteiger partial charge in [0.15, 0.2) is 0 Å². The number of nitrogens with zero attached hydrogens (tertiary/aromatic N) is 3. The van der Waals surface area contributed by atoms with Gasteiger partial charge in [0, 0.05) is 31.0 Å². The highest BCUT2D eigenvalue weighted by molar-refractivity contribution is 6.32. The molecule has 1 amide bonds. The summed E-state index contributed by atoms with van der Waals surface area (Å²) >= 11 is 5.75. The molecular formula is C15H15ClN4O4. The predicted octanol–water partition coefficient (Wildman–Crippen LogP) is 3.05. The third-order valence-corrected chi connectivity index (χ3v) is 4.15. The largest absolute Gasteiger partial charge is 0.381 e. The molecule has 2 aromatic rings. The molecule has 0 aliphatic carbocycles. The summed E-state index contributed by atoms with van der Waals surface area (Å²) in [6.07, 6.45) is 5.05. The Morgan fingerprint density at radius 3 is 2.88 bits per heavy atom. The molecule has 2 heterocycles. The monoisotopic (exact) mass is 350 g/mol. The van der Waals surface area contributed by atoms with Crippen LogP contribution in [0.1, 0.15) is 29.2 Å². The highest BCUT2D eigenvalue weighted by atomic mass is 35.5. The Labute approximate surface area is 142 Å². The van der Waals surface area contributed by atoms with Crippen LogP contribution >= 0.6 is 11.6 Å². The fraction of sp³-hybridized carbons (Fsp3) is 0.333. The maximum atomic E-state index is 12.3. The number of ether oxygens (including phenoxy) is 1. The standard InChI is InChI=1S/C15H15ClN4O4/c16-13-2-1-10(7-14(13)20(22)23)15(21)18-11-8-17-19(9-11)12-3-5-24-6-4-12/h1-2,7-9,12H,3-6H2,(H,18,21). The van der Waals surface area contributed by atoms with Gasteiger partial charge in [-0.15, -0.1) is 0 Å². The summed E-state index contributed by atoms with van der Waals surface area (Å²) in [4.78, 5) is 22.5. The number of nitrogens with one attached hydrogen (secondary N) is 1. The number of rotatable bonds is 4. The molecule has 8 nitrogen and oxygen atoms in total. The Bertz CT molecular complexity index is 771. The highest BCUT2D eigenvalue weighted by Crippen LogP contribution is 2.26. The van der Waals surface area contributed by atoms with Gasteiger partial charge in [-0.1, -0.05) is 11.6 Å². The lowest BCUT2D eigenvalue weighted by atomic mass is 10.1. The van der Waals surface area contributed by atoms with Gasteiger partial charge in [-0.2, -0.15) is 5.10 Å². The summed E-state index contributed by atoms with van der Waals surface area (Å²) in [5, 5.41) is 17.8. The van der Waals surface area contributed by atoms with Crippen LogP contribution in [0, 0.1) is 10.1 Å². The van der Waals surface area contributed by atoms with Gasteiger partial charge < -0.3 is 10.1 Å². The second-order valence-corrected chi connectivity index (χ2v) is 5.84. The molecule has 0 atom stereocenters. The summed E-state index contributed by atoms with van der Waals surface area (Å²) < 4.78 is 7.12. The van der Waals surface area contributed by atoms with E-state index in [-0.39, 0.29) is 22.3 Å². The van der Waals surface area contributed by atoms with Crippen LogP contribution in [-0.4, -0.2) is 33.8 Å².